The van der Waals surface area contributed by atoms with Gasteiger partial charge in [0.25, 0.3) is 0 Å². The predicted octanol–water partition coefficient (Wildman–Crippen LogP) is 3.01. The number of halogens is 1. The third-order valence-electron chi connectivity index (χ3n) is 4.15. The van der Waals surface area contributed by atoms with E-state index in [4.69, 9.17) is 4.42 Å². The molecule has 1 atom stereocenters. The molecule has 1 aliphatic carbocycles. The van der Waals surface area contributed by atoms with E-state index in [9.17, 15) is 8.42 Å². The highest BCUT2D eigenvalue weighted by atomic mass is 79.9. The maximum absolute atomic E-state index is 12.6. The number of hydrogen-bond acceptors (Lipinski definition) is 4. The summed E-state index contributed by atoms with van der Waals surface area (Å²) in [5.74, 6) is 0.590. The minimum atomic E-state index is -3.58. The lowest BCUT2D eigenvalue weighted by atomic mass is 9.74. The third kappa shape index (κ3) is 3.88. The Balaban J connectivity index is 2.22. The molecular formula is C14H23BrN2O3S. The largest absolute Gasteiger partial charge is 0.452 e. The number of sulfonamides is 1. The highest BCUT2D eigenvalue weighted by molar-refractivity contribution is 9.10. The molecule has 1 fully saturated rings. The van der Waals surface area contributed by atoms with E-state index in [0.717, 1.165) is 25.7 Å². The predicted molar refractivity (Wildman–Crippen MR) is 85.5 cm³/mol. The van der Waals surface area contributed by atoms with Gasteiger partial charge in [0.15, 0.2) is 4.67 Å². The molecule has 0 amide bonds. The topological polar surface area (TPSA) is 71.3 Å². The van der Waals surface area contributed by atoms with Crippen molar-refractivity contribution in [2.75, 3.05) is 7.05 Å². The second kappa shape index (κ2) is 6.40. The smallest absolute Gasteiger partial charge is 0.245 e. The van der Waals surface area contributed by atoms with Gasteiger partial charge in [-0.2, -0.15) is 0 Å². The molecule has 0 aliphatic heterocycles. The van der Waals surface area contributed by atoms with Crippen molar-refractivity contribution >= 4 is 26.0 Å². The van der Waals surface area contributed by atoms with Gasteiger partial charge in [0.2, 0.25) is 10.0 Å². The quantitative estimate of drug-likeness (QED) is 0.825. The van der Waals surface area contributed by atoms with E-state index in [0.29, 0.717) is 12.3 Å². The van der Waals surface area contributed by atoms with E-state index in [1.54, 1.807) is 13.1 Å². The Morgan fingerprint density at radius 3 is 2.76 bits per heavy atom. The molecule has 1 aromatic rings. The van der Waals surface area contributed by atoms with Gasteiger partial charge in [0.1, 0.15) is 10.7 Å². The van der Waals surface area contributed by atoms with Crippen molar-refractivity contribution in [3.8, 4) is 0 Å². The van der Waals surface area contributed by atoms with Crippen LogP contribution in [0.1, 0.15) is 45.3 Å². The number of furan rings is 1. The Labute approximate surface area is 135 Å². The summed E-state index contributed by atoms with van der Waals surface area (Å²) in [5, 5.41) is 2.94. The fourth-order valence-electron chi connectivity index (χ4n) is 2.81. The molecule has 2 N–H and O–H groups in total. The van der Waals surface area contributed by atoms with Crippen molar-refractivity contribution in [1.29, 1.82) is 0 Å². The lowest BCUT2D eigenvalue weighted by Gasteiger charge is -2.38. The second-order valence-corrected chi connectivity index (χ2v) is 8.69. The van der Waals surface area contributed by atoms with Crippen LogP contribution in [0.2, 0.25) is 0 Å². The first-order chi connectivity index (χ1) is 9.76. The molecule has 0 aromatic carbocycles. The average Bonchev–Trinajstić information content (AvgIpc) is 2.74. The Morgan fingerprint density at radius 2 is 2.14 bits per heavy atom. The van der Waals surface area contributed by atoms with Crippen LogP contribution < -0.4 is 10.0 Å². The van der Waals surface area contributed by atoms with Gasteiger partial charge in [-0.15, -0.1) is 0 Å². The molecule has 2 rings (SSSR count). The molecule has 0 spiro atoms. The summed E-state index contributed by atoms with van der Waals surface area (Å²) in [6.45, 7) is 4.73. The van der Waals surface area contributed by atoms with Crippen LogP contribution in [-0.4, -0.2) is 21.5 Å². The van der Waals surface area contributed by atoms with Crippen LogP contribution in [0, 0.1) is 5.41 Å². The fourth-order valence-corrected chi connectivity index (χ4v) is 5.25. The van der Waals surface area contributed by atoms with E-state index in [-0.39, 0.29) is 21.0 Å². The lowest BCUT2D eigenvalue weighted by Crippen LogP contribution is -2.46. The Bertz CT molecular complexity index is 595. The molecule has 120 valence electrons. The highest BCUT2D eigenvalue weighted by Crippen LogP contribution is 2.37. The van der Waals surface area contributed by atoms with Gasteiger partial charge in [-0.3, -0.25) is 0 Å². The minimum Gasteiger partial charge on any atom is -0.452 e. The number of hydrogen-bond donors (Lipinski definition) is 2. The summed E-state index contributed by atoms with van der Waals surface area (Å²) in [6, 6.07) is 1.53. The SMILES string of the molecule is CNCc1cc(S(=O)(=O)NC2CCCCC2(C)C)c(Br)o1. The number of nitrogens with one attached hydrogen (secondary N) is 2. The molecule has 1 aliphatic rings. The van der Waals surface area contributed by atoms with Crippen LogP contribution in [-0.2, 0) is 16.6 Å². The molecule has 1 saturated carbocycles. The first-order valence-corrected chi connectivity index (χ1v) is 9.49. The van der Waals surface area contributed by atoms with Gasteiger partial charge in [0, 0.05) is 12.1 Å². The van der Waals surface area contributed by atoms with Gasteiger partial charge in [-0.25, -0.2) is 13.1 Å². The minimum absolute atomic E-state index is 0.0185. The molecule has 1 unspecified atom stereocenters. The maximum Gasteiger partial charge on any atom is 0.245 e. The van der Waals surface area contributed by atoms with Crippen LogP contribution in [0.15, 0.2) is 20.0 Å². The van der Waals surface area contributed by atoms with E-state index >= 15 is 0 Å². The van der Waals surface area contributed by atoms with Crippen molar-refractivity contribution < 1.29 is 12.8 Å². The molecule has 0 bridgehead atoms. The van der Waals surface area contributed by atoms with Crippen LogP contribution in [0.25, 0.3) is 0 Å². The normalized spacial score (nSPS) is 22.4. The standard InChI is InChI=1S/C14H23BrN2O3S/c1-14(2)7-5-4-6-12(14)17-21(18,19)11-8-10(9-16-3)20-13(11)15/h8,12,16-17H,4-7,9H2,1-3H3. The summed E-state index contributed by atoms with van der Waals surface area (Å²) in [5.41, 5.74) is -0.0185. The van der Waals surface area contributed by atoms with Gasteiger partial charge in [-0.1, -0.05) is 26.7 Å². The van der Waals surface area contributed by atoms with E-state index < -0.39 is 10.0 Å². The zero-order chi connectivity index (χ0) is 15.7. The van der Waals surface area contributed by atoms with Crippen molar-refractivity contribution in [2.45, 2.75) is 57.0 Å². The first kappa shape index (κ1) is 17.0. The van der Waals surface area contributed by atoms with Gasteiger partial charge in [0.05, 0.1) is 6.54 Å². The molecule has 0 saturated heterocycles. The Hall–Kier alpha value is -0.370. The van der Waals surface area contributed by atoms with Crippen LogP contribution >= 0.6 is 15.9 Å². The molecule has 1 aromatic heterocycles. The molecule has 21 heavy (non-hydrogen) atoms. The van der Waals surface area contributed by atoms with Crippen LogP contribution in [0.4, 0.5) is 0 Å². The Morgan fingerprint density at radius 1 is 1.43 bits per heavy atom. The summed E-state index contributed by atoms with van der Waals surface area (Å²) in [7, 11) is -1.79. The number of rotatable bonds is 5. The van der Waals surface area contributed by atoms with Crippen LogP contribution in [0.3, 0.4) is 0 Å². The highest BCUT2D eigenvalue weighted by Gasteiger charge is 2.36. The van der Waals surface area contributed by atoms with E-state index in [1.807, 2.05) is 0 Å². The molecule has 0 radical (unpaired) electrons. The molecule has 5 nitrogen and oxygen atoms in total. The van der Waals surface area contributed by atoms with Crippen LogP contribution in [0.5, 0.6) is 0 Å². The van der Waals surface area contributed by atoms with Crippen molar-refractivity contribution in [2.24, 2.45) is 5.41 Å². The third-order valence-corrected chi connectivity index (χ3v) is 6.48. The molecule has 1 heterocycles. The molecular weight excluding hydrogens is 356 g/mol. The second-order valence-electron chi connectivity index (χ2n) is 6.29. The summed E-state index contributed by atoms with van der Waals surface area (Å²) < 4.78 is 33.7. The zero-order valence-electron chi connectivity index (χ0n) is 12.7. The lowest BCUT2D eigenvalue weighted by molar-refractivity contribution is 0.188. The first-order valence-electron chi connectivity index (χ1n) is 7.21. The van der Waals surface area contributed by atoms with Crippen molar-refractivity contribution in [1.82, 2.24) is 10.0 Å². The van der Waals surface area contributed by atoms with Gasteiger partial charge < -0.3 is 9.73 Å². The van der Waals surface area contributed by atoms with Gasteiger partial charge >= 0.3 is 0 Å². The van der Waals surface area contributed by atoms with Gasteiger partial charge in [-0.05, 0) is 41.2 Å². The fraction of sp³-hybridized carbons (Fsp3) is 0.714. The maximum atomic E-state index is 12.6. The van der Waals surface area contributed by atoms with Crippen molar-refractivity contribution in [3.63, 3.8) is 0 Å². The average molecular weight is 379 g/mol. The zero-order valence-corrected chi connectivity index (χ0v) is 15.1. The summed E-state index contributed by atoms with van der Waals surface area (Å²) >= 11 is 3.20. The van der Waals surface area contributed by atoms with E-state index in [2.05, 4.69) is 39.8 Å². The molecule has 7 heteroatoms. The summed E-state index contributed by atoms with van der Waals surface area (Å²) in [6.07, 6.45) is 4.14. The Kier molecular flexibility index (Phi) is 5.18. The van der Waals surface area contributed by atoms with E-state index in [1.165, 1.54) is 0 Å². The summed E-state index contributed by atoms with van der Waals surface area (Å²) in [4.78, 5) is 0.175. The monoisotopic (exact) mass is 378 g/mol. The van der Waals surface area contributed by atoms with Crippen molar-refractivity contribution in [3.05, 3.63) is 16.5 Å².